The molecular weight excluding hydrogens is 236 g/mol. The minimum absolute atomic E-state index is 0.424. The number of hydrogen-bond acceptors (Lipinski definition) is 3. The molecule has 1 N–H and O–H groups in total. The van der Waals surface area contributed by atoms with E-state index in [1.165, 1.54) is 11.1 Å². The highest BCUT2D eigenvalue weighted by Crippen LogP contribution is 2.24. The topological polar surface area (TPSA) is 24.5 Å². The maximum absolute atomic E-state index is 5.28. The summed E-state index contributed by atoms with van der Waals surface area (Å²) in [7, 11) is 5.96. The van der Waals surface area contributed by atoms with Crippen LogP contribution in [0.3, 0.4) is 0 Å². The summed E-state index contributed by atoms with van der Waals surface area (Å²) in [5, 5.41) is 3.65. The summed E-state index contributed by atoms with van der Waals surface area (Å²) in [4.78, 5) is 2.24. The minimum Gasteiger partial charge on any atom is -0.497 e. The standard InChI is InChI=1S/C16H28N2O/c1-6-10-17-16(9-11-18(3)4)15-8-7-14(19-5)12-13(15)2/h7-8,12,16-17H,6,9-11H2,1-5H3. The summed E-state index contributed by atoms with van der Waals surface area (Å²) in [6, 6.07) is 6.79. The number of hydrogen-bond donors (Lipinski definition) is 1. The molecule has 0 aromatic heterocycles. The summed E-state index contributed by atoms with van der Waals surface area (Å²) in [6.07, 6.45) is 2.29. The first-order chi connectivity index (χ1) is 9.08. The van der Waals surface area contributed by atoms with Crippen LogP contribution in [0.25, 0.3) is 0 Å². The van der Waals surface area contributed by atoms with Gasteiger partial charge in [0, 0.05) is 6.04 Å². The fourth-order valence-corrected chi connectivity index (χ4v) is 2.24. The molecule has 0 spiro atoms. The molecule has 0 amide bonds. The van der Waals surface area contributed by atoms with Gasteiger partial charge in [-0.3, -0.25) is 0 Å². The van der Waals surface area contributed by atoms with Gasteiger partial charge in [-0.15, -0.1) is 0 Å². The molecule has 0 saturated heterocycles. The molecule has 1 atom stereocenters. The van der Waals surface area contributed by atoms with Gasteiger partial charge >= 0.3 is 0 Å². The van der Waals surface area contributed by atoms with E-state index in [0.29, 0.717) is 6.04 Å². The summed E-state index contributed by atoms with van der Waals surface area (Å²) >= 11 is 0. The molecule has 0 aliphatic heterocycles. The SMILES string of the molecule is CCCNC(CCN(C)C)c1ccc(OC)cc1C. The lowest BCUT2D eigenvalue weighted by molar-refractivity contribution is 0.360. The average Bonchev–Trinajstić information content (AvgIpc) is 2.39. The van der Waals surface area contributed by atoms with Gasteiger partial charge in [-0.1, -0.05) is 13.0 Å². The Morgan fingerprint density at radius 1 is 1.32 bits per heavy atom. The number of methoxy groups -OCH3 is 1. The predicted molar refractivity (Wildman–Crippen MR) is 81.9 cm³/mol. The van der Waals surface area contributed by atoms with Gasteiger partial charge in [0.2, 0.25) is 0 Å². The van der Waals surface area contributed by atoms with Crippen LogP contribution < -0.4 is 10.1 Å². The molecule has 3 nitrogen and oxygen atoms in total. The smallest absolute Gasteiger partial charge is 0.119 e. The van der Waals surface area contributed by atoms with Crippen LogP contribution >= 0.6 is 0 Å². The van der Waals surface area contributed by atoms with Crippen molar-refractivity contribution in [3.05, 3.63) is 29.3 Å². The molecule has 0 fully saturated rings. The quantitative estimate of drug-likeness (QED) is 0.781. The molecule has 108 valence electrons. The average molecular weight is 264 g/mol. The van der Waals surface area contributed by atoms with Gasteiger partial charge in [0.05, 0.1) is 7.11 Å². The van der Waals surface area contributed by atoms with E-state index in [9.17, 15) is 0 Å². The van der Waals surface area contributed by atoms with Crippen molar-refractivity contribution in [2.45, 2.75) is 32.7 Å². The molecule has 1 unspecified atom stereocenters. The lowest BCUT2D eigenvalue weighted by Gasteiger charge is -2.23. The van der Waals surface area contributed by atoms with Gasteiger partial charge < -0.3 is 15.0 Å². The van der Waals surface area contributed by atoms with E-state index in [-0.39, 0.29) is 0 Å². The Balaban J connectivity index is 2.82. The van der Waals surface area contributed by atoms with E-state index in [2.05, 4.69) is 56.4 Å². The zero-order valence-corrected chi connectivity index (χ0v) is 13.0. The number of ether oxygens (including phenoxy) is 1. The second kappa shape index (κ2) is 8.18. The zero-order chi connectivity index (χ0) is 14.3. The van der Waals surface area contributed by atoms with Crippen LogP contribution in [0.15, 0.2) is 18.2 Å². The van der Waals surface area contributed by atoms with Gasteiger partial charge in [0.25, 0.3) is 0 Å². The second-order valence-electron chi connectivity index (χ2n) is 5.32. The zero-order valence-electron chi connectivity index (χ0n) is 13.0. The van der Waals surface area contributed by atoms with Crippen LogP contribution in [0.1, 0.15) is 36.9 Å². The van der Waals surface area contributed by atoms with Gasteiger partial charge in [-0.2, -0.15) is 0 Å². The molecule has 0 bridgehead atoms. The van der Waals surface area contributed by atoms with E-state index in [1.54, 1.807) is 7.11 Å². The lowest BCUT2D eigenvalue weighted by Crippen LogP contribution is -2.26. The van der Waals surface area contributed by atoms with Crippen molar-refractivity contribution in [3.8, 4) is 5.75 Å². The van der Waals surface area contributed by atoms with Gasteiger partial charge in [-0.05, 0) is 70.2 Å². The third kappa shape index (κ3) is 5.21. The third-order valence-electron chi connectivity index (χ3n) is 3.36. The normalized spacial score (nSPS) is 12.7. The first-order valence-corrected chi connectivity index (χ1v) is 7.11. The predicted octanol–water partition coefficient (Wildman–Crippen LogP) is 3.00. The minimum atomic E-state index is 0.424. The maximum atomic E-state index is 5.28. The van der Waals surface area contributed by atoms with Crippen LogP contribution in [-0.2, 0) is 0 Å². The highest BCUT2D eigenvalue weighted by atomic mass is 16.5. The van der Waals surface area contributed by atoms with Crippen molar-refractivity contribution in [1.82, 2.24) is 10.2 Å². The number of aryl methyl sites for hydroxylation is 1. The van der Waals surface area contributed by atoms with Crippen LogP contribution in [0.5, 0.6) is 5.75 Å². The molecule has 1 aromatic carbocycles. The van der Waals surface area contributed by atoms with Crippen molar-refractivity contribution in [3.63, 3.8) is 0 Å². The Labute approximate surface area is 118 Å². The Hall–Kier alpha value is -1.06. The Morgan fingerprint density at radius 3 is 2.58 bits per heavy atom. The van der Waals surface area contributed by atoms with E-state index < -0.39 is 0 Å². The summed E-state index contributed by atoms with van der Waals surface area (Å²) in [5.74, 6) is 0.933. The molecule has 3 heteroatoms. The monoisotopic (exact) mass is 264 g/mol. The molecule has 19 heavy (non-hydrogen) atoms. The molecule has 0 saturated carbocycles. The van der Waals surface area contributed by atoms with E-state index in [0.717, 1.165) is 31.7 Å². The van der Waals surface area contributed by atoms with E-state index in [1.807, 2.05) is 0 Å². The number of nitrogens with one attached hydrogen (secondary N) is 1. The van der Waals surface area contributed by atoms with Crippen molar-refractivity contribution in [2.24, 2.45) is 0 Å². The molecule has 0 aliphatic rings. The van der Waals surface area contributed by atoms with E-state index >= 15 is 0 Å². The molecule has 1 rings (SSSR count). The summed E-state index contributed by atoms with van der Waals surface area (Å²) < 4.78 is 5.28. The largest absolute Gasteiger partial charge is 0.497 e. The van der Waals surface area contributed by atoms with Crippen molar-refractivity contribution >= 4 is 0 Å². The Morgan fingerprint density at radius 2 is 2.05 bits per heavy atom. The molecular formula is C16H28N2O. The van der Waals surface area contributed by atoms with Crippen LogP contribution in [-0.4, -0.2) is 39.2 Å². The van der Waals surface area contributed by atoms with Crippen LogP contribution in [0.4, 0.5) is 0 Å². The highest BCUT2D eigenvalue weighted by molar-refractivity contribution is 5.36. The molecule has 0 aliphatic carbocycles. The number of nitrogens with zero attached hydrogens (tertiary/aromatic N) is 1. The molecule has 0 radical (unpaired) electrons. The van der Waals surface area contributed by atoms with E-state index in [4.69, 9.17) is 4.74 Å². The van der Waals surface area contributed by atoms with Crippen LogP contribution in [0.2, 0.25) is 0 Å². The molecule has 0 heterocycles. The van der Waals surface area contributed by atoms with Crippen LogP contribution in [0, 0.1) is 6.92 Å². The van der Waals surface area contributed by atoms with Crippen molar-refractivity contribution in [1.29, 1.82) is 0 Å². The van der Waals surface area contributed by atoms with Crippen molar-refractivity contribution in [2.75, 3.05) is 34.3 Å². The van der Waals surface area contributed by atoms with Gasteiger partial charge in [-0.25, -0.2) is 0 Å². The summed E-state index contributed by atoms with van der Waals surface area (Å²) in [6.45, 7) is 6.52. The van der Waals surface area contributed by atoms with Gasteiger partial charge in [0.1, 0.15) is 5.75 Å². The fraction of sp³-hybridized carbons (Fsp3) is 0.625. The molecule has 1 aromatic rings. The second-order valence-corrected chi connectivity index (χ2v) is 5.32. The third-order valence-corrected chi connectivity index (χ3v) is 3.36. The Bertz CT molecular complexity index is 377. The van der Waals surface area contributed by atoms with Gasteiger partial charge in [0.15, 0.2) is 0 Å². The maximum Gasteiger partial charge on any atom is 0.119 e. The lowest BCUT2D eigenvalue weighted by atomic mass is 9.98. The first-order valence-electron chi connectivity index (χ1n) is 7.11. The first kappa shape index (κ1) is 16.0. The number of benzene rings is 1. The fourth-order valence-electron chi connectivity index (χ4n) is 2.24. The summed E-state index contributed by atoms with van der Waals surface area (Å²) in [5.41, 5.74) is 2.68. The van der Waals surface area contributed by atoms with Crippen molar-refractivity contribution < 1.29 is 4.74 Å². The number of rotatable bonds is 8. The Kier molecular flexibility index (Phi) is 6.89. The highest BCUT2D eigenvalue weighted by Gasteiger charge is 2.13.